The van der Waals surface area contributed by atoms with Crippen molar-refractivity contribution in [1.29, 1.82) is 0 Å². The number of thioether (sulfide) groups is 1. The first-order chi connectivity index (χ1) is 18.9. The van der Waals surface area contributed by atoms with Crippen molar-refractivity contribution in [1.82, 2.24) is 16.0 Å². The first kappa shape index (κ1) is 39.7. The van der Waals surface area contributed by atoms with Gasteiger partial charge in [0.2, 0.25) is 17.7 Å². The molecule has 0 aliphatic carbocycles. The molecule has 42 heavy (non-hydrogen) atoms. The Labute approximate surface area is 256 Å². The number of carboxylic acid groups (broad SMARTS) is 2. The molecule has 0 spiro atoms. The number of carboxylic acids is 2. The van der Waals surface area contributed by atoms with Crippen LogP contribution in [-0.4, -0.2) is 82.2 Å². The Hall–Kier alpha value is -2.34. The standard InChI is InChI=1S/C30H55N3O8S/c1-27(2,3)14-13-22(34)31-16-15-30(9,10)41-18-29(7,8)26(40)33-20(24(36)37)11-12-23(35)32-21(25(38)39)17-42-19-28(4,5)6/h20-21H,11-19H2,1-10H3,(H,31,34)(H,32,35)(H,33,40)(H,36,37)(H,38,39)/t20-,21-/m0/s1. The van der Waals surface area contributed by atoms with Crippen LogP contribution >= 0.6 is 11.8 Å². The Morgan fingerprint density at radius 2 is 1.31 bits per heavy atom. The fourth-order valence-corrected chi connectivity index (χ4v) is 4.60. The van der Waals surface area contributed by atoms with Crippen LogP contribution in [0.15, 0.2) is 0 Å². The van der Waals surface area contributed by atoms with E-state index in [0.717, 1.165) is 6.42 Å². The number of carbonyl (C=O) groups excluding carboxylic acids is 3. The van der Waals surface area contributed by atoms with E-state index >= 15 is 0 Å². The van der Waals surface area contributed by atoms with Gasteiger partial charge >= 0.3 is 11.9 Å². The number of carbonyl (C=O) groups is 5. The fourth-order valence-electron chi connectivity index (χ4n) is 3.40. The summed E-state index contributed by atoms with van der Waals surface area (Å²) in [5.74, 6) is -2.74. The molecule has 0 radical (unpaired) electrons. The maximum atomic E-state index is 13.0. The molecule has 0 aromatic heterocycles. The smallest absolute Gasteiger partial charge is 0.327 e. The summed E-state index contributed by atoms with van der Waals surface area (Å²) in [5, 5.41) is 26.9. The van der Waals surface area contributed by atoms with Crippen molar-refractivity contribution in [3.8, 4) is 0 Å². The number of rotatable bonds is 19. The number of hydrogen-bond donors (Lipinski definition) is 5. The van der Waals surface area contributed by atoms with E-state index < -0.39 is 46.9 Å². The zero-order valence-corrected chi connectivity index (χ0v) is 28.1. The lowest BCUT2D eigenvalue weighted by molar-refractivity contribution is -0.146. The maximum Gasteiger partial charge on any atom is 0.327 e. The van der Waals surface area contributed by atoms with Gasteiger partial charge in [-0.05, 0) is 63.5 Å². The van der Waals surface area contributed by atoms with Crippen LogP contribution in [-0.2, 0) is 28.7 Å². The van der Waals surface area contributed by atoms with E-state index in [0.29, 0.717) is 25.1 Å². The number of hydrogen-bond acceptors (Lipinski definition) is 7. The van der Waals surface area contributed by atoms with E-state index in [1.807, 2.05) is 34.6 Å². The van der Waals surface area contributed by atoms with Crippen molar-refractivity contribution in [3.05, 3.63) is 0 Å². The second kappa shape index (κ2) is 17.1. The van der Waals surface area contributed by atoms with Crippen molar-refractivity contribution in [2.24, 2.45) is 16.2 Å². The summed E-state index contributed by atoms with van der Waals surface area (Å²) in [5.41, 5.74) is -1.65. The Morgan fingerprint density at radius 1 is 0.738 bits per heavy atom. The van der Waals surface area contributed by atoms with E-state index in [4.69, 9.17) is 4.74 Å². The number of ether oxygens (including phenoxy) is 1. The second-order valence-electron chi connectivity index (χ2n) is 14.5. The average Bonchev–Trinajstić information content (AvgIpc) is 2.81. The number of aliphatic carboxylic acids is 2. The summed E-state index contributed by atoms with van der Waals surface area (Å²) in [7, 11) is 0. The fraction of sp³-hybridized carbons (Fsp3) is 0.833. The molecule has 0 saturated heterocycles. The SMILES string of the molecule is CC(C)(C)CCC(=O)NCCC(C)(C)OCC(C)(C)C(=O)N[C@@H](CCC(=O)N[C@@H](CSCC(C)(C)C)C(=O)O)C(=O)O. The number of amides is 3. The third-order valence-corrected chi connectivity index (χ3v) is 7.95. The van der Waals surface area contributed by atoms with Crippen LogP contribution in [0.2, 0.25) is 0 Å². The van der Waals surface area contributed by atoms with E-state index in [9.17, 15) is 34.2 Å². The van der Waals surface area contributed by atoms with Crippen molar-refractivity contribution < 1.29 is 38.9 Å². The lowest BCUT2D eigenvalue weighted by Gasteiger charge is -2.32. The molecular formula is C30H55N3O8S. The highest BCUT2D eigenvalue weighted by Crippen LogP contribution is 2.24. The lowest BCUT2D eigenvalue weighted by Crippen LogP contribution is -2.49. The highest BCUT2D eigenvalue weighted by Gasteiger charge is 2.34. The van der Waals surface area contributed by atoms with Crippen LogP contribution in [0.25, 0.3) is 0 Å². The molecule has 12 heteroatoms. The van der Waals surface area contributed by atoms with Gasteiger partial charge in [0.25, 0.3) is 0 Å². The van der Waals surface area contributed by atoms with Crippen molar-refractivity contribution in [3.63, 3.8) is 0 Å². The van der Waals surface area contributed by atoms with Crippen LogP contribution in [0.4, 0.5) is 0 Å². The Bertz CT molecular complexity index is 922. The van der Waals surface area contributed by atoms with Crippen LogP contribution in [0.3, 0.4) is 0 Å². The van der Waals surface area contributed by atoms with Crippen molar-refractivity contribution >= 4 is 41.4 Å². The largest absolute Gasteiger partial charge is 0.480 e. The molecule has 0 rings (SSSR count). The summed E-state index contributed by atoms with van der Waals surface area (Å²) in [6, 6.07) is -2.43. The molecule has 0 fully saturated rings. The number of nitrogens with one attached hydrogen (secondary N) is 3. The second-order valence-corrected chi connectivity index (χ2v) is 15.6. The predicted octanol–water partition coefficient (Wildman–Crippen LogP) is 3.84. The molecule has 0 aromatic rings. The van der Waals surface area contributed by atoms with Crippen molar-refractivity contribution in [2.45, 2.75) is 119 Å². The van der Waals surface area contributed by atoms with Gasteiger partial charge in [0, 0.05) is 25.1 Å². The van der Waals surface area contributed by atoms with Crippen LogP contribution < -0.4 is 16.0 Å². The molecule has 11 nitrogen and oxygen atoms in total. The van der Waals surface area contributed by atoms with Crippen LogP contribution in [0, 0.1) is 16.2 Å². The van der Waals surface area contributed by atoms with Crippen molar-refractivity contribution in [2.75, 3.05) is 24.7 Å². The minimum atomic E-state index is -1.34. The highest BCUT2D eigenvalue weighted by molar-refractivity contribution is 7.99. The average molecular weight is 618 g/mol. The van der Waals surface area contributed by atoms with E-state index in [-0.39, 0.29) is 41.9 Å². The van der Waals surface area contributed by atoms with Gasteiger partial charge in [-0.2, -0.15) is 11.8 Å². The minimum absolute atomic E-state index is 0.00258. The third kappa shape index (κ3) is 19.0. The third-order valence-electron chi connectivity index (χ3n) is 6.31. The molecule has 2 atom stereocenters. The van der Waals surface area contributed by atoms with Gasteiger partial charge in [-0.15, -0.1) is 0 Å². The van der Waals surface area contributed by atoms with Gasteiger partial charge in [0.05, 0.1) is 17.6 Å². The molecule has 244 valence electrons. The van der Waals surface area contributed by atoms with Gasteiger partial charge in [-0.1, -0.05) is 41.5 Å². The molecule has 0 saturated carbocycles. The lowest BCUT2D eigenvalue weighted by atomic mass is 9.90. The molecule has 0 aliphatic heterocycles. The summed E-state index contributed by atoms with van der Waals surface area (Å²) < 4.78 is 5.99. The van der Waals surface area contributed by atoms with Gasteiger partial charge in [-0.25, -0.2) is 9.59 Å². The quantitative estimate of drug-likeness (QED) is 0.144. The van der Waals surface area contributed by atoms with E-state index in [1.54, 1.807) is 13.8 Å². The molecule has 0 unspecified atom stereocenters. The Kier molecular flexibility index (Phi) is 16.1. The Balaban J connectivity index is 4.83. The zero-order chi connectivity index (χ0) is 32.9. The molecular weight excluding hydrogens is 562 g/mol. The molecule has 0 heterocycles. The van der Waals surface area contributed by atoms with Crippen LogP contribution in [0.1, 0.15) is 101 Å². The molecule has 5 N–H and O–H groups in total. The monoisotopic (exact) mass is 617 g/mol. The summed E-state index contributed by atoms with van der Waals surface area (Å²) >= 11 is 1.42. The first-order valence-corrected chi connectivity index (χ1v) is 15.6. The maximum absolute atomic E-state index is 13.0. The summed E-state index contributed by atoms with van der Waals surface area (Å²) in [4.78, 5) is 60.9. The summed E-state index contributed by atoms with van der Waals surface area (Å²) in [6.07, 6.45) is 1.28. The van der Waals surface area contributed by atoms with Gasteiger partial charge in [-0.3, -0.25) is 14.4 Å². The Morgan fingerprint density at radius 3 is 1.81 bits per heavy atom. The first-order valence-electron chi connectivity index (χ1n) is 14.5. The molecule has 0 aromatic carbocycles. The zero-order valence-electron chi connectivity index (χ0n) is 27.3. The molecule has 0 bridgehead atoms. The van der Waals surface area contributed by atoms with Crippen LogP contribution in [0.5, 0.6) is 0 Å². The predicted molar refractivity (Wildman–Crippen MR) is 165 cm³/mol. The normalized spacial score (nSPS) is 14.0. The van der Waals surface area contributed by atoms with Gasteiger partial charge in [0.15, 0.2) is 0 Å². The summed E-state index contributed by atoms with van der Waals surface area (Å²) in [6.45, 7) is 19.7. The van der Waals surface area contributed by atoms with E-state index in [2.05, 4.69) is 36.7 Å². The highest BCUT2D eigenvalue weighted by atomic mass is 32.2. The minimum Gasteiger partial charge on any atom is -0.480 e. The molecule has 0 aliphatic rings. The molecule has 3 amide bonds. The van der Waals surface area contributed by atoms with Gasteiger partial charge < -0.3 is 30.9 Å². The van der Waals surface area contributed by atoms with E-state index in [1.165, 1.54) is 11.8 Å². The van der Waals surface area contributed by atoms with Gasteiger partial charge in [0.1, 0.15) is 12.1 Å². The topological polar surface area (TPSA) is 171 Å².